The van der Waals surface area contributed by atoms with Crippen LogP contribution in [0.3, 0.4) is 0 Å². The van der Waals surface area contributed by atoms with E-state index < -0.39 is 0 Å². The summed E-state index contributed by atoms with van der Waals surface area (Å²) in [5.74, 6) is -0.0196. The lowest BCUT2D eigenvalue weighted by molar-refractivity contribution is 0.0956. The topological polar surface area (TPSA) is 44.9 Å². The zero-order chi connectivity index (χ0) is 14.7. The van der Waals surface area contributed by atoms with E-state index in [9.17, 15) is 4.79 Å². The quantitative estimate of drug-likeness (QED) is 0.754. The summed E-state index contributed by atoms with van der Waals surface area (Å²) >= 11 is 0. The molecule has 3 aromatic rings. The molecule has 0 spiro atoms. The summed E-state index contributed by atoms with van der Waals surface area (Å²) in [6, 6.07) is 15.9. The summed E-state index contributed by atoms with van der Waals surface area (Å²) in [6.07, 6.45) is 2.70. The number of rotatable bonds is 4. The van der Waals surface area contributed by atoms with Gasteiger partial charge >= 0.3 is 0 Å². The van der Waals surface area contributed by atoms with Gasteiger partial charge in [0.25, 0.3) is 5.91 Å². The lowest BCUT2D eigenvalue weighted by Crippen LogP contribution is -2.26. The normalized spacial score (nSPS) is 10.7. The van der Waals surface area contributed by atoms with Crippen LogP contribution in [0.15, 0.2) is 54.7 Å². The molecule has 3 nitrogen and oxygen atoms in total. The third-order valence-corrected chi connectivity index (χ3v) is 3.78. The van der Waals surface area contributed by atoms with Crippen LogP contribution in [0, 0.1) is 6.92 Å². The van der Waals surface area contributed by atoms with Crippen LogP contribution in [0.5, 0.6) is 0 Å². The fraction of sp³-hybridized carbons (Fsp3) is 0.167. The number of aryl methyl sites for hydroxylation is 1. The van der Waals surface area contributed by atoms with Crippen LogP contribution in [0.2, 0.25) is 0 Å². The van der Waals surface area contributed by atoms with E-state index in [4.69, 9.17) is 0 Å². The van der Waals surface area contributed by atoms with Crippen LogP contribution < -0.4 is 5.32 Å². The molecular weight excluding hydrogens is 260 g/mol. The van der Waals surface area contributed by atoms with Crippen LogP contribution in [-0.2, 0) is 6.42 Å². The van der Waals surface area contributed by atoms with E-state index in [2.05, 4.69) is 29.4 Å². The van der Waals surface area contributed by atoms with Gasteiger partial charge in [-0.1, -0.05) is 30.3 Å². The Kier molecular flexibility index (Phi) is 3.73. The monoisotopic (exact) mass is 278 g/mol. The summed E-state index contributed by atoms with van der Waals surface area (Å²) in [4.78, 5) is 15.4. The Morgan fingerprint density at radius 2 is 1.95 bits per heavy atom. The molecule has 2 N–H and O–H groups in total. The smallest absolute Gasteiger partial charge is 0.251 e. The highest BCUT2D eigenvalue weighted by Gasteiger charge is 2.09. The van der Waals surface area contributed by atoms with Gasteiger partial charge in [-0.2, -0.15) is 0 Å². The second-order valence-corrected chi connectivity index (χ2v) is 5.18. The lowest BCUT2D eigenvalue weighted by atomic mass is 10.1. The molecule has 2 aromatic carbocycles. The molecule has 0 radical (unpaired) electrons. The number of carbonyl (C=O) groups excluding carboxylic acids is 1. The molecular formula is C18H18N2O. The molecule has 1 heterocycles. The van der Waals surface area contributed by atoms with Gasteiger partial charge in [0.2, 0.25) is 0 Å². The second-order valence-electron chi connectivity index (χ2n) is 5.18. The van der Waals surface area contributed by atoms with E-state index in [1.807, 2.05) is 42.6 Å². The lowest BCUT2D eigenvalue weighted by Gasteiger charge is -2.08. The number of nitrogens with one attached hydrogen (secondary N) is 2. The molecule has 0 bridgehead atoms. The molecule has 1 amide bonds. The maximum Gasteiger partial charge on any atom is 0.251 e. The third kappa shape index (κ3) is 2.82. The number of H-pyrrole nitrogens is 1. The fourth-order valence-corrected chi connectivity index (χ4v) is 2.58. The minimum Gasteiger partial charge on any atom is -0.361 e. The summed E-state index contributed by atoms with van der Waals surface area (Å²) in [5.41, 5.74) is 4.25. The summed E-state index contributed by atoms with van der Waals surface area (Å²) in [5, 5.41) is 3.97. The molecule has 0 saturated heterocycles. The van der Waals surface area contributed by atoms with Gasteiger partial charge in [0, 0.05) is 29.2 Å². The number of fused-ring (bicyclic) bond motifs is 1. The van der Waals surface area contributed by atoms with Crippen molar-refractivity contribution < 1.29 is 4.79 Å². The van der Waals surface area contributed by atoms with E-state index in [1.54, 1.807) is 0 Å². The molecule has 0 unspecified atom stereocenters. The van der Waals surface area contributed by atoms with Gasteiger partial charge in [0.05, 0.1) is 0 Å². The first-order valence-corrected chi connectivity index (χ1v) is 7.14. The maximum absolute atomic E-state index is 12.3. The van der Waals surface area contributed by atoms with Crippen LogP contribution in [-0.4, -0.2) is 17.4 Å². The van der Waals surface area contributed by atoms with Crippen molar-refractivity contribution in [2.75, 3.05) is 6.54 Å². The van der Waals surface area contributed by atoms with Crippen LogP contribution in [0.1, 0.15) is 21.5 Å². The Balaban J connectivity index is 1.67. The first kappa shape index (κ1) is 13.4. The van der Waals surface area contributed by atoms with E-state index in [0.29, 0.717) is 6.54 Å². The molecule has 0 atom stereocenters. The van der Waals surface area contributed by atoms with Gasteiger partial charge < -0.3 is 10.3 Å². The zero-order valence-electron chi connectivity index (χ0n) is 12.0. The summed E-state index contributed by atoms with van der Waals surface area (Å²) in [7, 11) is 0. The predicted molar refractivity (Wildman–Crippen MR) is 85.5 cm³/mol. The maximum atomic E-state index is 12.3. The Hall–Kier alpha value is -2.55. The van der Waals surface area contributed by atoms with Crippen LogP contribution in [0.4, 0.5) is 0 Å². The highest BCUT2D eigenvalue weighted by molar-refractivity contribution is 6.06. The van der Waals surface area contributed by atoms with Crippen molar-refractivity contribution in [1.29, 1.82) is 0 Å². The predicted octanol–water partition coefficient (Wildman–Crippen LogP) is 3.45. The number of benzene rings is 2. The van der Waals surface area contributed by atoms with E-state index in [0.717, 1.165) is 22.9 Å². The first-order valence-electron chi connectivity index (χ1n) is 7.14. The van der Waals surface area contributed by atoms with E-state index >= 15 is 0 Å². The summed E-state index contributed by atoms with van der Waals surface area (Å²) in [6.45, 7) is 2.74. The minimum absolute atomic E-state index is 0.0196. The molecule has 21 heavy (non-hydrogen) atoms. The first-order chi connectivity index (χ1) is 10.3. The zero-order valence-corrected chi connectivity index (χ0v) is 12.0. The van der Waals surface area contributed by atoms with Crippen molar-refractivity contribution in [3.63, 3.8) is 0 Å². The highest BCUT2D eigenvalue weighted by Crippen LogP contribution is 2.17. The van der Waals surface area contributed by atoms with Crippen molar-refractivity contribution in [1.82, 2.24) is 10.3 Å². The Bertz CT molecular complexity index is 773. The number of aromatic amines is 1. The largest absolute Gasteiger partial charge is 0.361 e. The highest BCUT2D eigenvalue weighted by atomic mass is 16.1. The standard InChI is InChI=1S/C18H18N2O/c1-13-5-2-3-6-14(13)9-11-20-18(21)16-7-4-8-17-15(16)10-12-19-17/h2-8,10,12,19H,9,11H2,1H3,(H,20,21). The molecule has 106 valence electrons. The van der Waals surface area contributed by atoms with Crippen molar-refractivity contribution >= 4 is 16.8 Å². The average Bonchev–Trinajstić information content (AvgIpc) is 2.97. The number of amides is 1. The van der Waals surface area contributed by atoms with Gasteiger partial charge in [0.15, 0.2) is 0 Å². The summed E-state index contributed by atoms with van der Waals surface area (Å²) < 4.78 is 0. The third-order valence-electron chi connectivity index (χ3n) is 3.78. The molecule has 0 aliphatic rings. The molecule has 0 aliphatic heterocycles. The molecule has 1 aromatic heterocycles. The second kappa shape index (κ2) is 5.83. The van der Waals surface area contributed by atoms with Gasteiger partial charge in [-0.15, -0.1) is 0 Å². The van der Waals surface area contributed by atoms with Crippen molar-refractivity contribution in [3.05, 3.63) is 71.4 Å². The molecule has 0 fully saturated rings. The van der Waals surface area contributed by atoms with Crippen LogP contribution in [0.25, 0.3) is 10.9 Å². The molecule has 3 heteroatoms. The van der Waals surface area contributed by atoms with Gasteiger partial charge in [-0.3, -0.25) is 4.79 Å². The van der Waals surface area contributed by atoms with Gasteiger partial charge in [0.1, 0.15) is 0 Å². The number of hydrogen-bond donors (Lipinski definition) is 2. The van der Waals surface area contributed by atoms with Crippen molar-refractivity contribution in [2.45, 2.75) is 13.3 Å². The molecule has 3 rings (SSSR count). The van der Waals surface area contributed by atoms with E-state index in [-0.39, 0.29) is 5.91 Å². The van der Waals surface area contributed by atoms with Crippen LogP contribution >= 0.6 is 0 Å². The minimum atomic E-state index is -0.0196. The molecule has 0 aliphatic carbocycles. The number of carbonyl (C=O) groups is 1. The SMILES string of the molecule is Cc1ccccc1CCNC(=O)c1cccc2[nH]ccc12. The van der Waals surface area contributed by atoms with Gasteiger partial charge in [-0.05, 0) is 42.7 Å². The van der Waals surface area contributed by atoms with E-state index in [1.165, 1.54) is 11.1 Å². The number of hydrogen-bond acceptors (Lipinski definition) is 1. The Labute approximate surface area is 124 Å². The Morgan fingerprint density at radius 3 is 2.81 bits per heavy atom. The van der Waals surface area contributed by atoms with Gasteiger partial charge in [-0.25, -0.2) is 0 Å². The molecule has 0 saturated carbocycles. The average molecular weight is 278 g/mol. The van der Waals surface area contributed by atoms with Crippen molar-refractivity contribution in [2.24, 2.45) is 0 Å². The van der Waals surface area contributed by atoms with Crippen molar-refractivity contribution in [3.8, 4) is 0 Å². The number of aromatic nitrogens is 1. The Morgan fingerprint density at radius 1 is 1.10 bits per heavy atom. The fourth-order valence-electron chi connectivity index (χ4n) is 2.58.